The first-order valence-electron chi connectivity index (χ1n) is 6.31. The number of benzene rings is 1. The van der Waals surface area contributed by atoms with Crippen molar-refractivity contribution in [1.82, 2.24) is 4.31 Å². The minimum atomic E-state index is -3.68. The van der Waals surface area contributed by atoms with Crippen molar-refractivity contribution in [2.45, 2.75) is 30.2 Å². The molecule has 0 saturated carbocycles. The van der Waals surface area contributed by atoms with Gasteiger partial charge in [-0.25, -0.2) is 8.42 Å². The Bertz CT molecular complexity index is 593. The van der Waals surface area contributed by atoms with E-state index in [4.69, 9.17) is 34.8 Å². The average molecular weight is 391 g/mol. The van der Waals surface area contributed by atoms with Crippen LogP contribution in [0.3, 0.4) is 0 Å². The Morgan fingerprint density at radius 3 is 2.43 bits per heavy atom. The van der Waals surface area contributed by atoms with Crippen LogP contribution in [0, 0.1) is 0 Å². The molecule has 0 aliphatic heterocycles. The highest BCUT2D eigenvalue weighted by Gasteiger charge is 2.29. The molecule has 0 saturated heterocycles. The number of sulfonamides is 1. The van der Waals surface area contributed by atoms with Crippen molar-refractivity contribution in [1.29, 1.82) is 0 Å². The van der Waals surface area contributed by atoms with Crippen LogP contribution in [0.5, 0.6) is 0 Å². The lowest BCUT2D eigenvalue weighted by Crippen LogP contribution is -2.38. The summed E-state index contributed by atoms with van der Waals surface area (Å²) in [4.78, 5) is 0.0475. The molecule has 8 heteroatoms. The van der Waals surface area contributed by atoms with Gasteiger partial charge < -0.3 is 0 Å². The largest absolute Gasteiger partial charge is 0.244 e. The summed E-state index contributed by atoms with van der Waals surface area (Å²) in [7, 11) is -2.11. The SMILES string of the molecule is CCC(CSC)N(C)S(=O)(=O)c1ccc(Cl)c(CCl)c1Cl. The van der Waals surface area contributed by atoms with Crippen LogP contribution in [0.1, 0.15) is 18.9 Å². The summed E-state index contributed by atoms with van der Waals surface area (Å²) in [6.45, 7) is 1.96. The summed E-state index contributed by atoms with van der Waals surface area (Å²) in [5, 5.41) is 0.469. The van der Waals surface area contributed by atoms with Crippen LogP contribution in [0.2, 0.25) is 10.0 Å². The zero-order valence-electron chi connectivity index (χ0n) is 12.1. The normalized spacial score (nSPS) is 13.7. The van der Waals surface area contributed by atoms with Gasteiger partial charge >= 0.3 is 0 Å². The van der Waals surface area contributed by atoms with E-state index in [0.29, 0.717) is 10.6 Å². The third-order valence-electron chi connectivity index (χ3n) is 3.29. The number of hydrogen-bond acceptors (Lipinski definition) is 3. The van der Waals surface area contributed by atoms with Crippen molar-refractivity contribution >= 4 is 56.6 Å². The second kappa shape index (κ2) is 8.27. The lowest BCUT2D eigenvalue weighted by Gasteiger charge is -2.26. The van der Waals surface area contributed by atoms with Gasteiger partial charge in [0.1, 0.15) is 4.90 Å². The summed E-state index contributed by atoms with van der Waals surface area (Å²) >= 11 is 19.6. The smallest absolute Gasteiger partial charge is 0.207 e. The first-order valence-corrected chi connectivity index (χ1v) is 10.4. The lowest BCUT2D eigenvalue weighted by molar-refractivity contribution is 0.385. The van der Waals surface area contributed by atoms with Crippen molar-refractivity contribution in [3.8, 4) is 0 Å². The molecule has 1 unspecified atom stereocenters. The van der Waals surface area contributed by atoms with Crippen molar-refractivity contribution < 1.29 is 8.42 Å². The monoisotopic (exact) mass is 389 g/mol. The number of nitrogens with zero attached hydrogens (tertiary/aromatic N) is 1. The predicted molar refractivity (Wildman–Crippen MR) is 93.4 cm³/mol. The second-order valence-electron chi connectivity index (χ2n) is 4.51. The van der Waals surface area contributed by atoms with Gasteiger partial charge in [0.2, 0.25) is 10.0 Å². The molecule has 3 nitrogen and oxygen atoms in total. The predicted octanol–water partition coefficient (Wildman–Crippen LogP) is 4.49. The number of rotatable bonds is 7. The molecule has 1 rings (SSSR count). The molecule has 0 radical (unpaired) electrons. The van der Waals surface area contributed by atoms with Gasteiger partial charge in [-0.1, -0.05) is 30.1 Å². The second-order valence-corrected chi connectivity index (χ2v) is 8.44. The summed E-state index contributed by atoms with van der Waals surface area (Å²) in [6.07, 6.45) is 2.67. The Hall–Kier alpha value is 0.350. The van der Waals surface area contributed by atoms with E-state index in [-0.39, 0.29) is 21.8 Å². The van der Waals surface area contributed by atoms with Gasteiger partial charge in [-0.05, 0) is 24.8 Å². The molecule has 0 bridgehead atoms. The van der Waals surface area contributed by atoms with Gasteiger partial charge in [0.25, 0.3) is 0 Å². The molecule has 0 spiro atoms. The number of halogens is 3. The fraction of sp³-hybridized carbons (Fsp3) is 0.538. The quantitative estimate of drug-likeness (QED) is 0.643. The Morgan fingerprint density at radius 1 is 1.33 bits per heavy atom. The molecule has 0 N–H and O–H groups in total. The molecule has 0 amide bonds. The standard InChI is InChI=1S/C13H18Cl3NO2S2/c1-4-9(8-20-3)17(2)21(18,19)12-6-5-11(15)10(7-14)13(12)16/h5-6,9H,4,7-8H2,1-3H3. The topological polar surface area (TPSA) is 37.4 Å². The van der Waals surface area contributed by atoms with E-state index in [0.717, 1.165) is 12.2 Å². The average Bonchev–Trinajstić information content (AvgIpc) is 2.44. The van der Waals surface area contributed by atoms with Crippen LogP contribution in [-0.4, -0.2) is 37.8 Å². The Balaban J connectivity index is 3.31. The molecular formula is C13H18Cl3NO2S2. The van der Waals surface area contributed by atoms with E-state index < -0.39 is 10.0 Å². The van der Waals surface area contributed by atoms with E-state index >= 15 is 0 Å². The maximum absolute atomic E-state index is 12.8. The molecule has 0 aliphatic carbocycles. The molecular weight excluding hydrogens is 373 g/mol. The van der Waals surface area contributed by atoms with Crippen LogP contribution in [0.15, 0.2) is 17.0 Å². The van der Waals surface area contributed by atoms with E-state index in [1.54, 1.807) is 18.8 Å². The summed E-state index contributed by atoms with van der Waals surface area (Å²) in [6, 6.07) is 2.86. The highest BCUT2D eigenvalue weighted by Crippen LogP contribution is 2.34. The number of alkyl halides is 1. The van der Waals surface area contributed by atoms with Crippen LogP contribution < -0.4 is 0 Å². The highest BCUT2D eigenvalue weighted by molar-refractivity contribution is 7.98. The molecule has 21 heavy (non-hydrogen) atoms. The lowest BCUT2D eigenvalue weighted by atomic mass is 10.2. The summed E-state index contributed by atoms with van der Waals surface area (Å²) in [5.41, 5.74) is 0.437. The van der Waals surface area contributed by atoms with Gasteiger partial charge in [0.05, 0.1) is 10.9 Å². The van der Waals surface area contributed by atoms with Crippen molar-refractivity contribution in [3.05, 3.63) is 27.7 Å². The minimum Gasteiger partial charge on any atom is -0.207 e. The minimum absolute atomic E-state index is 0.0475. The molecule has 1 aromatic carbocycles. The van der Waals surface area contributed by atoms with E-state index in [9.17, 15) is 8.42 Å². The van der Waals surface area contributed by atoms with Crippen molar-refractivity contribution in [2.24, 2.45) is 0 Å². The molecule has 0 fully saturated rings. The van der Waals surface area contributed by atoms with E-state index in [2.05, 4.69) is 0 Å². The first-order chi connectivity index (χ1) is 9.81. The van der Waals surface area contributed by atoms with Crippen molar-refractivity contribution in [2.75, 3.05) is 19.1 Å². The van der Waals surface area contributed by atoms with Gasteiger partial charge in [-0.3, -0.25) is 0 Å². The fourth-order valence-electron chi connectivity index (χ4n) is 1.92. The van der Waals surface area contributed by atoms with Crippen LogP contribution in [0.4, 0.5) is 0 Å². The van der Waals surface area contributed by atoms with E-state index in [1.807, 2.05) is 13.2 Å². The fourth-order valence-corrected chi connectivity index (χ4v) is 5.59. The Labute approximate surface area is 146 Å². The van der Waals surface area contributed by atoms with Gasteiger partial charge in [-0.2, -0.15) is 16.1 Å². The third-order valence-corrected chi connectivity index (χ3v) is 7.12. The molecule has 1 aromatic rings. The van der Waals surface area contributed by atoms with Crippen molar-refractivity contribution in [3.63, 3.8) is 0 Å². The molecule has 120 valence electrons. The van der Waals surface area contributed by atoms with Gasteiger partial charge in [-0.15, -0.1) is 11.6 Å². The summed E-state index contributed by atoms with van der Waals surface area (Å²) < 4.78 is 26.9. The van der Waals surface area contributed by atoms with Crippen LogP contribution in [-0.2, 0) is 15.9 Å². The van der Waals surface area contributed by atoms with Gasteiger partial charge in [0, 0.05) is 29.4 Å². The Morgan fingerprint density at radius 2 is 1.95 bits per heavy atom. The third kappa shape index (κ3) is 4.21. The molecule has 0 heterocycles. The molecule has 0 aromatic heterocycles. The number of hydrogen-bond donors (Lipinski definition) is 0. The molecule has 0 aliphatic rings. The highest BCUT2D eigenvalue weighted by atomic mass is 35.5. The summed E-state index contributed by atoms with van der Waals surface area (Å²) in [5.74, 6) is 0.784. The maximum atomic E-state index is 12.8. The van der Waals surface area contributed by atoms with Crippen LogP contribution >= 0.6 is 46.6 Å². The number of thioether (sulfide) groups is 1. The van der Waals surface area contributed by atoms with E-state index in [1.165, 1.54) is 16.4 Å². The van der Waals surface area contributed by atoms with Gasteiger partial charge in [0.15, 0.2) is 0 Å². The molecule has 1 atom stereocenters. The zero-order chi connectivity index (χ0) is 16.2. The Kier molecular flexibility index (Phi) is 7.64. The first kappa shape index (κ1) is 19.4. The van der Waals surface area contributed by atoms with Crippen LogP contribution in [0.25, 0.3) is 0 Å². The zero-order valence-corrected chi connectivity index (χ0v) is 16.0. The maximum Gasteiger partial charge on any atom is 0.244 e.